The van der Waals surface area contributed by atoms with E-state index in [-0.39, 0.29) is 11.9 Å². The lowest BCUT2D eigenvalue weighted by Gasteiger charge is -2.23. The van der Waals surface area contributed by atoms with Gasteiger partial charge < -0.3 is 10.1 Å². The molecule has 2 aromatic carbocycles. The zero-order chi connectivity index (χ0) is 15.5. The molecule has 112 valence electrons. The molecule has 1 atom stereocenters. The molecule has 0 bridgehead atoms. The van der Waals surface area contributed by atoms with E-state index in [1.165, 1.54) is 0 Å². The molecule has 0 saturated heterocycles. The SMILES string of the molecule is CC(C)(C)OC(=O)NC(CCl)c1cccc2ccccc12. The Morgan fingerprint density at radius 1 is 1.19 bits per heavy atom. The van der Waals surface area contributed by atoms with Crippen molar-refractivity contribution >= 4 is 28.5 Å². The molecule has 0 heterocycles. The van der Waals surface area contributed by atoms with E-state index in [2.05, 4.69) is 5.32 Å². The van der Waals surface area contributed by atoms with Crippen LogP contribution in [0.2, 0.25) is 0 Å². The van der Waals surface area contributed by atoms with E-state index in [1.54, 1.807) is 0 Å². The zero-order valence-corrected chi connectivity index (χ0v) is 13.3. The first kappa shape index (κ1) is 15.6. The molecule has 0 spiro atoms. The van der Waals surface area contributed by atoms with E-state index >= 15 is 0 Å². The van der Waals surface area contributed by atoms with Crippen molar-refractivity contribution in [2.75, 3.05) is 5.88 Å². The van der Waals surface area contributed by atoms with E-state index in [4.69, 9.17) is 16.3 Å². The van der Waals surface area contributed by atoms with Gasteiger partial charge in [-0.2, -0.15) is 0 Å². The van der Waals surface area contributed by atoms with Gasteiger partial charge in [-0.25, -0.2) is 4.79 Å². The Bertz CT molecular complexity index is 629. The monoisotopic (exact) mass is 305 g/mol. The number of alkyl halides is 1. The summed E-state index contributed by atoms with van der Waals surface area (Å²) in [5.74, 6) is 0.285. The number of hydrogen-bond acceptors (Lipinski definition) is 2. The predicted octanol–water partition coefficient (Wildman–Crippen LogP) is 4.64. The van der Waals surface area contributed by atoms with E-state index in [0.717, 1.165) is 16.3 Å². The van der Waals surface area contributed by atoms with Crippen molar-refractivity contribution in [3.8, 4) is 0 Å². The lowest BCUT2D eigenvalue weighted by Crippen LogP contribution is -2.35. The minimum absolute atomic E-state index is 0.285. The van der Waals surface area contributed by atoms with Crippen molar-refractivity contribution in [1.29, 1.82) is 0 Å². The third-order valence-corrected chi connectivity index (χ3v) is 3.35. The number of amides is 1. The van der Waals surface area contributed by atoms with Crippen LogP contribution in [0, 0.1) is 0 Å². The molecule has 21 heavy (non-hydrogen) atoms. The summed E-state index contributed by atoms with van der Waals surface area (Å²) < 4.78 is 5.29. The fourth-order valence-electron chi connectivity index (χ4n) is 2.20. The largest absolute Gasteiger partial charge is 0.444 e. The maximum atomic E-state index is 11.9. The molecule has 0 saturated carbocycles. The number of nitrogens with one attached hydrogen (secondary N) is 1. The second-order valence-corrected chi connectivity index (χ2v) is 6.23. The van der Waals surface area contributed by atoms with Gasteiger partial charge in [-0.15, -0.1) is 11.6 Å². The lowest BCUT2D eigenvalue weighted by atomic mass is 10.00. The number of carbonyl (C=O) groups is 1. The second-order valence-electron chi connectivity index (χ2n) is 5.92. The van der Waals surface area contributed by atoms with Gasteiger partial charge in [-0.3, -0.25) is 0 Å². The van der Waals surface area contributed by atoms with Crippen LogP contribution in [-0.2, 0) is 4.74 Å². The van der Waals surface area contributed by atoms with Crippen LogP contribution in [0.25, 0.3) is 10.8 Å². The molecule has 1 amide bonds. The van der Waals surface area contributed by atoms with Crippen molar-refractivity contribution in [3.05, 3.63) is 48.0 Å². The number of carbonyl (C=O) groups excluding carboxylic acids is 1. The topological polar surface area (TPSA) is 38.3 Å². The highest BCUT2D eigenvalue weighted by Gasteiger charge is 2.21. The summed E-state index contributed by atoms with van der Waals surface area (Å²) in [5.41, 5.74) is 0.466. The molecule has 3 nitrogen and oxygen atoms in total. The van der Waals surface area contributed by atoms with Crippen LogP contribution in [0.3, 0.4) is 0 Å². The number of halogens is 1. The Balaban J connectivity index is 2.26. The molecule has 1 unspecified atom stereocenters. The first-order valence-electron chi connectivity index (χ1n) is 6.94. The Kier molecular flexibility index (Phi) is 4.73. The number of hydrogen-bond donors (Lipinski definition) is 1. The standard InChI is InChI=1S/C17H20ClNO2/c1-17(2,3)21-16(20)19-15(11-18)14-10-6-8-12-7-4-5-9-13(12)14/h4-10,15H,11H2,1-3H3,(H,19,20). The molecule has 0 aliphatic rings. The van der Waals surface area contributed by atoms with Crippen LogP contribution < -0.4 is 5.32 Å². The van der Waals surface area contributed by atoms with Crippen molar-refractivity contribution in [1.82, 2.24) is 5.32 Å². The highest BCUT2D eigenvalue weighted by molar-refractivity contribution is 6.18. The smallest absolute Gasteiger partial charge is 0.408 e. The molecule has 0 aliphatic heterocycles. The quantitative estimate of drug-likeness (QED) is 0.839. The van der Waals surface area contributed by atoms with Crippen LogP contribution in [-0.4, -0.2) is 17.6 Å². The highest BCUT2D eigenvalue weighted by atomic mass is 35.5. The minimum Gasteiger partial charge on any atom is -0.444 e. The number of ether oxygens (including phenoxy) is 1. The predicted molar refractivity (Wildman–Crippen MR) is 86.8 cm³/mol. The summed E-state index contributed by atoms with van der Waals surface area (Å²) in [7, 11) is 0. The first-order chi connectivity index (χ1) is 9.90. The first-order valence-corrected chi connectivity index (χ1v) is 7.47. The summed E-state index contributed by atoms with van der Waals surface area (Å²) in [6.45, 7) is 5.50. The molecule has 0 radical (unpaired) electrons. The van der Waals surface area contributed by atoms with Gasteiger partial charge in [-0.05, 0) is 37.1 Å². The molecule has 0 aromatic heterocycles. The van der Waals surface area contributed by atoms with Crippen molar-refractivity contribution in [2.24, 2.45) is 0 Å². The van der Waals surface area contributed by atoms with E-state index in [0.29, 0.717) is 0 Å². The highest BCUT2D eigenvalue weighted by Crippen LogP contribution is 2.25. The third-order valence-electron chi connectivity index (χ3n) is 3.04. The van der Waals surface area contributed by atoms with Crippen LogP contribution >= 0.6 is 11.6 Å². The molecule has 0 aliphatic carbocycles. The van der Waals surface area contributed by atoms with Gasteiger partial charge in [0.15, 0.2) is 0 Å². The maximum absolute atomic E-state index is 11.9. The molecule has 2 rings (SSSR count). The number of benzene rings is 2. The molecule has 0 fully saturated rings. The summed E-state index contributed by atoms with van der Waals surface area (Å²) in [4.78, 5) is 11.9. The fraction of sp³-hybridized carbons (Fsp3) is 0.353. The van der Waals surface area contributed by atoms with Crippen LogP contribution in [0.15, 0.2) is 42.5 Å². The van der Waals surface area contributed by atoms with Gasteiger partial charge in [0.05, 0.1) is 6.04 Å². The van der Waals surface area contributed by atoms with Gasteiger partial charge in [0.1, 0.15) is 5.60 Å². The Hall–Kier alpha value is -1.74. The van der Waals surface area contributed by atoms with Gasteiger partial charge >= 0.3 is 6.09 Å². The van der Waals surface area contributed by atoms with Crippen LogP contribution in [0.1, 0.15) is 32.4 Å². The second kappa shape index (κ2) is 6.35. The van der Waals surface area contributed by atoms with Gasteiger partial charge in [-0.1, -0.05) is 42.5 Å². The number of fused-ring (bicyclic) bond motifs is 1. The normalized spacial score (nSPS) is 13.0. The van der Waals surface area contributed by atoms with Gasteiger partial charge in [0, 0.05) is 5.88 Å². The fourth-order valence-corrected chi connectivity index (χ4v) is 2.45. The van der Waals surface area contributed by atoms with Crippen LogP contribution in [0.5, 0.6) is 0 Å². The van der Waals surface area contributed by atoms with Crippen molar-refractivity contribution < 1.29 is 9.53 Å². The number of alkyl carbamates (subject to hydrolysis) is 1. The lowest BCUT2D eigenvalue weighted by molar-refractivity contribution is 0.0509. The molecule has 2 aromatic rings. The molecule has 4 heteroatoms. The van der Waals surface area contributed by atoms with Crippen LogP contribution in [0.4, 0.5) is 4.79 Å². The Morgan fingerprint density at radius 2 is 1.86 bits per heavy atom. The average molecular weight is 306 g/mol. The maximum Gasteiger partial charge on any atom is 0.408 e. The van der Waals surface area contributed by atoms with E-state index in [1.807, 2.05) is 63.2 Å². The molecule has 1 N–H and O–H groups in total. The number of rotatable bonds is 3. The molecular formula is C17H20ClNO2. The summed E-state index contributed by atoms with van der Waals surface area (Å²) in [6.07, 6.45) is -0.457. The Morgan fingerprint density at radius 3 is 2.52 bits per heavy atom. The molecular weight excluding hydrogens is 286 g/mol. The summed E-state index contributed by atoms with van der Waals surface area (Å²) in [6, 6.07) is 13.7. The van der Waals surface area contributed by atoms with E-state index < -0.39 is 11.7 Å². The van der Waals surface area contributed by atoms with Crippen molar-refractivity contribution in [3.63, 3.8) is 0 Å². The van der Waals surface area contributed by atoms with Gasteiger partial charge in [0.2, 0.25) is 0 Å². The van der Waals surface area contributed by atoms with Gasteiger partial charge in [0.25, 0.3) is 0 Å². The Labute approximate surface area is 130 Å². The van der Waals surface area contributed by atoms with E-state index in [9.17, 15) is 4.79 Å². The summed E-state index contributed by atoms with van der Waals surface area (Å²) in [5, 5.41) is 5.04. The van der Waals surface area contributed by atoms with Crippen molar-refractivity contribution in [2.45, 2.75) is 32.4 Å². The summed E-state index contributed by atoms with van der Waals surface area (Å²) >= 11 is 6.05. The average Bonchev–Trinajstić information content (AvgIpc) is 2.42. The zero-order valence-electron chi connectivity index (χ0n) is 12.5. The minimum atomic E-state index is -0.528. The third kappa shape index (κ3) is 4.11.